The van der Waals surface area contributed by atoms with Gasteiger partial charge in [-0.05, 0) is 37.5 Å². The van der Waals surface area contributed by atoms with Gasteiger partial charge in [0.1, 0.15) is 6.29 Å². The van der Waals surface area contributed by atoms with Crippen molar-refractivity contribution < 1.29 is 18.4 Å². The Kier molecular flexibility index (Phi) is 7.42. The first-order chi connectivity index (χ1) is 12.3. The summed E-state index contributed by atoms with van der Waals surface area (Å²) in [5, 5.41) is 3.29. The van der Waals surface area contributed by atoms with Crippen molar-refractivity contribution in [1.82, 2.24) is 0 Å². The number of carbonyl (C=O) groups is 2. The zero-order valence-corrected chi connectivity index (χ0v) is 15.9. The first kappa shape index (κ1) is 20.7. The van der Waals surface area contributed by atoms with E-state index in [2.05, 4.69) is 10.3 Å². The van der Waals surface area contributed by atoms with Gasteiger partial charge < -0.3 is 5.32 Å². The van der Waals surface area contributed by atoms with E-state index in [4.69, 9.17) is 11.6 Å². The van der Waals surface area contributed by atoms with Crippen molar-refractivity contribution in [2.75, 3.05) is 5.32 Å². The van der Waals surface area contributed by atoms with Crippen molar-refractivity contribution in [2.24, 2.45) is 10.9 Å². The Morgan fingerprint density at radius 1 is 1.46 bits per heavy atom. The number of halogens is 3. The molecule has 0 aliphatic heterocycles. The molecule has 1 aromatic rings. The first-order valence-corrected chi connectivity index (χ1v) is 9.16. The van der Waals surface area contributed by atoms with Crippen molar-refractivity contribution in [3.05, 3.63) is 40.9 Å². The number of rotatable bonds is 9. The van der Waals surface area contributed by atoms with E-state index in [0.29, 0.717) is 22.6 Å². The third-order valence-electron chi connectivity index (χ3n) is 3.78. The van der Waals surface area contributed by atoms with Gasteiger partial charge in [-0.1, -0.05) is 33.0 Å². The van der Waals surface area contributed by atoms with Crippen molar-refractivity contribution in [3.63, 3.8) is 0 Å². The Hall–Kier alpha value is -1.65. The molecule has 0 radical (unpaired) electrons. The van der Waals surface area contributed by atoms with Crippen molar-refractivity contribution >= 4 is 44.9 Å². The summed E-state index contributed by atoms with van der Waals surface area (Å²) in [4.78, 5) is 27.1. The molecule has 1 aromatic carbocycles. The van der Waals surface area contributed by atoms with Crippen LogP contribution in [0.15, 0.2) is 35.3 Å². The second kappa shape index (κ2) is 9.33. The molecule has 140 valence electrons. The molecule has 2 unspecified atom stereocenters. The van der Waals surface area contributed by atoms with Crippen LogP contribution in [-0.4, -0.2) is 24.1 Å². The molecule has 2 rings (SSSR count). The van der Waals surface area contributed by atoms with Crippen molar-refractivity contribution in [1.29, 1.82) is 0 Å². The van der Waals surface area contributed by atoms with Crippen LogP contribution in [0.25, 0.3) is 0 Å². The third kappa shape index (κ3) is 6.93. The molecule has 8 heteroatoms. The summed E-state index contributed by atoms with van der Waals surface area (Å²) in [6.07, 6.45) is 6.29. The number of nitrogens with zero attached hydrogens (tertiary/aromatic N) is 1. The average molecular weight is 401 g/mol. The second-order valence-corrected chi connectivity index (χ2v) is 7.37. The molecular weight excluding hydrogens is 381 g/mol. The first-order valence-electron chi connectivity index (χ1n) is 8.21. The largest absolute Gasteiger partial charge is 0.325 e. The number of amides is 1. The van der Waals surface area contributed by atoms with E-state index < -0.39 is 11.7 Å². The van der Waals surface area contributed by atoms with E-state index >= 15 is 0 Å². The van der Waals surface area contributed by atoms with Crippen LogP contribution >= 0.6 is 20.8 Å². The zero-order chi connectivity index (χ0) is 19.2. The number of aldehydes is 1. The Morgan fingerprint density at radius 3 is 2.81 bits per heavy atom. The van der Waals surface area contributed by atoms with Gasteiger partial charge in [0, 0.05) is 34.8 Å². The minimum atomic E-state index is -2.84. The van der Waals surface area contributed by atoms with Gasteiger partial charge in [0.15, 0.2) is 0 Å². The van der Waals surface area contributed by atoms with Gasteiger partial charge in [-0.2, -0.15) is 0 Å². The van der Waals surface area contributed by atoms with E-state index in [1.165, 1.54) is 21.5 Å². The van der Waals surface area contributed by atoms with E-state index in [-0.39, 0.29) is 24.7 Å². The number of nitrogens with one attached hydrogen (secondary N) is 1. The van der Waals surface area contributed by atoms with Gasteiger partial charge >= 0.3 is 0 Å². The van der Waals surface area contributed by atoms with Crippen molar-refractivity contribution in [2.45, 2.75) is 37.4 Å². The lowest BCUT2D eigenvalue weighted by molar-refractivity contribution is -0.117. The lowest BCUT2D eigenvalue weighted by Gasteiger charge is -2.16. The minimum Gasteiger partial charge on any atom is -0.325 e. The summed E-state index contributed by atoms with van der Waals surface area (Å²) in [6.45, 7) is 0. The summed E-state index contributed by atoms with van der Waals surface area (Å²) in [5.74, 6) is -0.0724. The molecule has 0 bridgehead atoms. The quantitative estimate of drug-likeness (QED) is 0.280. The van der Waals surface area contributed by atoms with Crippen LogP contribution in [0, 0.1) is 5.92 Å². The van der Waals surface area contributed by atoms with Crippen LogP contribution in [-0.2, 0) is 9.59 Å². The Balaban J connectivity index is 2.22. The summed E-state index contributed by atoms with van der Waals surface area (Å²) >= 11 is 6.03. The normalized spacial score (nSPS) is 16.2. The molecule has 1 amide bonds. The summed E-state index contributed by atoms with van der Waals surface area (Å²) in [5.41, 5.74) is -1.71. The number of anilines is 1. The van der Waals surface area contributed by atoms with E-state index in [9.17, 15) is 18.4 Å². The highest BCUT2D eigenvalue weighted by atomic mass is 35.5. The third-order valence-corrected chi connectivity index (χ3v) is 4.31. The van der Waals surface area contributed by atoms with Gasteiger partial charge in [0.2, 0.25) is 5.91 Å². The number of benzene rings is 1. The zero-order valence-electron chi connectivity index (χ0n) is 14.0. The number of carbonyl (C=O) groups excluding carboxylic acids is 2. The molecule has 1 aliphatic carbocycles. The fourth-order valence-electron chi connectivity index (χ4n) is 2.30. The molecule has 1 aliphatic rings. The van der Waals surface area contributed by atoms with Crippen LogP contribution in [0.1, 0.15) is 37.3 Å². The van der Waals surface area contributed by atoms with E-state index in [1.807, 2.05) is 0 Å². The van der Waals surface area contributed by atoms with Gasteiger partial charge in [-0.3, -0.25) is 14.6 Å². The Bertz CT molecular complexity index is 716. The van der Waals surface area contributed by atoms with Crippen LogP contribution in [0.2, 0.25) is 5.02 Å². The summed E-state index contributed by atoms with van der Waals surface area (Å²) < 4.78 is 25.8. The fraction of sp³-hybridized carbons (Fsp3) is 0.389. The maximum absolute atomic E-state index is 12.9. The molecule has 1 saturated carbocycles. The monoisotopic (exact) mass is 400 g/mol. The highest BCUT2D eigenvalue weighted by Crippen LogP contribution is 2.34. The molecule has 0 spiro atoms. The topological polar surface area (TPSA) is 58.5 Å². The molecule has 0 aromatic heterocycles. The number of allylic oxidation sites excluding steroid dienone is 1. The number of hydrogen-bond acceptors (Lipinski definition) is 3. The Morgan fingerprint density at radius 2 is 2.19 bits per heavy atom. The second-order valence-electron chi connectivity index (χ2n) is 6.09. The molecule has 0 saturated heterocycles. The SMILES string of the molecule is O=CC=CC(N=CCCC(F)(F)P)c1ccc(Cl)cc1NC(=O)C1CC1. The summed E-state index contributed by atoms with van der Waals surface area (Å²) in [6, 6.07) is 4.38. The molecule has 26 heavy (non-hydrogen) atoms. The summed E-state index contributed by atoms with van der Waals surface area (Å²) in [7, 11) is 1.49. The standard InChI is InChI=1S/C18H20ClF2N2O2P/c19-13-6-7-14(16(11-13)23-17(25)12-4-5-12)15(3-1-10-24)22-9-2-8-18(20,21)26/h1,3,6-7,9-12,15H,2,4-5,8,26H2,(H,23,25). The maximum atomic E-state index is 12.9. The van der Waals surface area contributed by atoms with Gasteiger partial charge in [0.05, 0.1) is 6.04 Å². The smallest absolute Gasteiger partial charge is 0.259 e. The van der Waals surface area contributed by atoms with Gasteiger partial charge in [-0.15, -0.1) is 0 Å². The van der Waals surface area contributed by atoms with Gasteiger partial charge in [-0.25, -0.2) is 8.78 Å². The van der Waals surface area contributed by atoms with Crippen LogP contribution in [0.4, 0.5) is 14.5 Å². The lowest BCUT2D eigenvalue weighted by atomic mass is 10.0. The minimum absolute atomic E-state index is 0.0126. The highest BCUT2D eigenvalue weighted by molar-refractivity contribution is 7.18. The predicted octanol–water partition coefficient (Wildman–Crippen LogP) is 4.80. The predicted molar refractivity (Wildman–Crippen MR) is 103 cm³/mol. The van der Waals surface area contributed by atoms with E-state index in [0.717, 1.165) is 12.8 Å². The van der Waals surface area contributed by atoms with Crippen LogP contribution in [0.3, 0.4) is 0 Å². The molecule has 0 heterocycles. The molecule has 1 N–H and O–H groups in total. The van der Waals surface area contributed by atoms with Crippen molar-refractivity contribution in [3.8, 4) is 0 Å². The average Bonchev–Trinajstić information content (AvgIpc) is 3.39. The van der Waals surface area contributed by atoms with Gasteiger partial charge in [0.25, 0.3) is 5.66 Å². The number of aliphatic imine (C=N–C) groups is 1. The Labute approximate surface area is 158 Å². The molecule has 1 fully saturated rings. The molecular formula is C18H20ClF2N2O2P. The van der Waals surface area contributed by atoms with Crippen LogP contribution in [0.5, 0.6) is 0 Å². The highest BCUT2D eigenvalue weighted by Gasteiger charge is 2.30. The molecule has 4 nitrogen and oxygen atoms in total. The number of hydrogen-bond donors (Lipinski definition) is 1. The number of alkyl halides is 2. The molecule has 2 atom stereocenters. The van der Waals surface area contributed by atoms with E-state index in [1.54, 1.807) is 24.3 Å². The van der Waals surface area contributed by atoms with Crippen LogP contribution < -0.4 is 5.32 Å². The fourth-order valence-corrected chi connectivity index (χ4v) is 2.64. The lowest BCUT2D eigenvalue weighted by Crippen LogP contribution is -2.15. The maximum Gasteiger partial charge on any atom is 0.259 e.